The van der Waals surface area contributed by atoms with Crippen LogP contribution in [-0.4, -0.2) is 155 Å². The molecule has 3 aliphatic heterocycles. The average Bonchev–Trinajstić information content (AvgIpc) is 3.45. The van der Waals surface area contributed by atoms with Crippen LogP contribution in [0.3, 0.4) is 0 Å². The Morgan fingerprint density at radius 1 is 0.842 bits per heavy atom. The molecule has 1 unspecified atom stereocenters. The number of nitrogens with one attached hydrogen (secondary N) is 3. The molecule has 0 spiro atoms. The van der Waals surface area contributed by atoms with Gasteiger partial charge in [-0.25, -0.2) is 4.79 Å². The quantitative estimate of drug-likeness (QED) is 0.0494. The zero-order chi connectivity index (χ0) is 42.0. The highest BCUT2D eigenvalue weighted by molar-refractivity contribution is 5.87. The van der Waals surface area contributed by atoms with Crippen molar-refractivity contribution in [1.29, 1.82) is 0 Å². The maximum absolute atomic E-state index is 13.1. The molecule has 11 N–H and O–H groups in total. The third kappa shape index (κ3) is 12.4. The van der Waals surface area contributed by atoms with Crippen molar-refractivity contribution in [2.24, 2.45) is 5.92 Å². The fraction of sp³-hybridized carbons (Fsp3) is 0.784. The summed E-state index contributed by atoms with van der Waals surface area (Å²) in [7, 11) is 0. The van der Waals surface area contributed by atoms with Gasteiger partial charge in [0.25, 0.3) is 5.56 Å². The normalized spacial score (nSPS) is 35.1. The minimum absolute atomic E-state index is 0.598. The summed E-state index contributed by atoms with van der Waals surface area (Å²) in [5.74, 6) is -0.665. The number of aromatic nitrogens is 2. The predicted molar refractivity (Wildman–Crippen MR) is 198 cm³/mol. The van der Waals surface area contributed by atoms with Crippen molar-refractivity contribution in [3.63, 3.8) is 0 Å². The number of carbonyl (C=O) groups is 2. The van der Waals surface area contributed by atoms with Crippen LogP contribution in [0.1, 0.15) is 84.8 Å². The van der Waals surface area contributed by atoms with E-state index >= 15 is 0 Å². The molecule has 3 fully saturated rings. The molecule has 4 heterocycles. The molecule has 3 saturated heterocycles. The zero-order valence-electron chi connectivity index (χ0n) is 32.4. The van der Waals surface area contributed by atoms with Crippen molar-refractivity contribution < 1.29 is 69.4 Å². The Bertz CT molecular complexity index is 1570. The van der Waals surface area contributed by atoms with Gasteiger partial charge in [0.05, 0.1) is 18.8 Å². The maximum atomic E-state index is 13.1. The molecule has 0 saturated carbocycles. The van der Waals surface area contributed by atoms with Crippen LogP contribution in [0.2, 0.25) is 0 Å². The fourth-order valence-corrected chi connectivity index (χ4v) is 7.27. The lowest BCUT2D eigenvalue weighted by Gasteiger charge is -2.47. The Balaban J connectivity index is 1.48. The van der Waals surface area contributed by atoms with Gasteiger partial charge in [-0.05, 0) is 24.8 Å². The van der Waals surface area contributed by atoms with E-state index in [2.05, 4.69) is 24.5 Å². The smallest absolute Gasteiger partial charge is 0.330 e. The van der Waals surface area contributed by atoms with Gasteiger partial charge < -0.3 is 70.4 Å². The van der Waals surface area contributed by atoms with Gasteiger partial charge >= 0.3 is 5.69 Å². The third-order valence-corrected chi connectivity index (χ3v) is 10.5. The monoisotopic (exact) mass is 816 g/mol. The molecule has 20 nitrogen and oxygen atoms in total. The van der Waals surface area contributed by atoms with Crippen molar-refractivity contribution in [3.05, 3.63) is 45.3 Å². The first-order valence-electron chi connectivity index (χ1n) is 19.6. The van der Waals surface area contributed by atoms with Gasteiger partial charge in [0.1, 0.15) is 60.9 Å². The molecule has 324 valence electrons. The number of aliphatic hydroxyl groups is 8. The number of carbonyl (C=O) groups excluding carboxylic acids is 2. The molecule has 0 aliphatic carbocycles. The topological polar surface area (TPSA) is 312 Å². The first kappa shape index (κ1) is 46.6. The van der Waals surface area contributed by atoms with Gasteiger partial charge in [-0.1, -0.05) is 58.4 Å². The number of ether oxygens (including phenoxy) is 4. The van der Waals surface area contributed by atoms with Crippen molar-refractivity contribution in [2.75, 3.05) is 6.61 Å². The first-order chi connectivity index (χ1) is 27.0. The summed E-state index contributed by atoms with van der Waals surface area (Å²) in [6, 6.07) is -2.01. The van der Waals surface area contributed by atoms with E-state index in [-0.39, 0.29) is 0 Å². The number of unbranched alkanes of at least 4 members (excludes halogenated alkanes) is 6. The molecule has 1 aromatic heterocycles. The highest BCUT2D eigenvalue weighted by atomic mass is 16.8. The fourth-order valence-electron chi connectivity index (χ4n) is 7.27. The second kappa shape index (κ2) is 21.8. The lowest BCUT2D eigenvalue weighted by atomic mass is 9.91. The number of amides is 2. The highest BCUT2D eigenvalue weighted by Crippen LogP contribution is 2.34. The van der Waals surface area contributed by atoms with Crippen LogP contribution in [0, 0.1) is 5.92 Å². The largest absolute Gasteiger partial charge is 0.394 e. The SMILES string of the molecule is CC(=O)N[C@H]1[C@@H](O[C@@H]2O[C@H](CC(O)[C@H]3O[C@@H](n4ccc(=O)[nH]c4=O)[C@H](O)[C@@H]3O)[C@H](O)[C@H](O)[C@H]2NC(=O)/C=C/CCCCCCCCC(C)C)O[C@H](CO)[C@@H](O)[C@@H]1O. The van der Waals surface area contributed by atoms with Crippen LogP contribution in [0.25, 0.3) is 0 Å². The van der Waals surface area contributed by atoms with E-state index in [9.17, 15) is 60.0 Å². The Morgan fingerprint density at radius 3 is 2.05 bits per heavy atom. The van der Waals surface area contributed by atoms with Crippen LogP contribution in [0.15, 0.2) is 34.0 Å². The van der Waals surface area contributed by atoms with E-state index in [1.165, 1.54) is 25.3 Å². The molecule has 4 rings (SSSR count). The summed E-state index contributed by atoms with van der Waals surface area (Å²) in [6.45, 7) is 4.75. The molecular formula is C37H60N4O16. The van der Waals surface area contributed by atoms with Crippen LogP contribution in [0.5, 0.6) is 0 Å². The molecule has 15 atom stereocenters. The minimum atomic E-state index is -1.85. The molecule has 0 bridgehead atoms. The summed E-state index contributed by atoms with van der Waals surface area (Å²) in [6.07, 6.45) is -10.3. The molecule has 2 amide bonds. The van der Waals surface area contributed by atoms with E-state index in [1.807, 2.05) is 4.98 Å². The Morgan fingerprint density at radius 2 is 1.44 bits per heavy atom. The van der Waals surface area contributed by atoms with Gasteiger partial charge in [0.2, 0.25) is 11.8 Å². The summed E-state index contributed by atoms with van der Waals surface area (Å²) >= 11 is 0. The van der Waals surface area contributed by atoms with Gasteiger partial charge in [-0.3, -0.25) is 23.9 Å². The second-order valence-corrected chi connectivity index (χ2v) is 15.4. The summed E-state index contributed by atoms with van der Waals surface area (Å²) in [5.41, 5.74) is -1.68. The van der Waals surface area contributed by atoms with Crippen LogP contribution in [0.4, 0.5) is 0 Å². The summed E-state index contributed by atoms with van der Waals surface area (Å²) in [4.78, 5) is 51.0. The molecule has 3 aliphatic rings. The van der Waals surface area contributed by atoms with Crippen molar-refractivity contribution in [2.45, 2.75) is 170 Å². The van der Waals surface area contributed by atoms with Gasteiger partial charge in [0.15, 0.2) is 18.8 Å². The standard InChI is InChI=1S/C37H60N4O16/c1-18(2)12-10-8-6-4-5-7-9-11-13-23(45)39-26-30(50)27(47)21(54-36(26)57-35-25(38-19(3)43)29(49)28(48)22(17-42)55-35)16-20(44)33-31(51)32(52)34(56-33)41-15-14-24(46)40-37(41)53/h11,13-15,18,20-22,25-36,42,44,47-52H,4-10,12,16-17H2,1-3H3,(H,38,43)(H,39,45)(H,40,46,53)/b13-11+/t20?,21-,22-,25-,26-,27+,28-,29-,30-,31+,32-,33-,34-,35-,36+/m1/s1. The molecule has 57 heavy (non-hydrogen) atoms. The number of hydrogen-bond donors (Lipinski definition) is 11. The van der Waals surface area contributed by atoms with Crippen LogP contribution < -0.4 is 21.9 Å². The molecular weight excluding hydrogens is 756 g/mol. The Hall–Kier alpha value is -3.12. The summed E-state index contributed by atoms with van der Waals surface area (Å²) in [5, 5.41) is 91.3. The zero-order valence-corrected chi connectivity index (χ0v) is 32.4. The van der Waals surface area contributed by atoms with Crippen LogP contribution >= 0.6 is 0 Å². The van der Waals surface area contributed by atoms with Gasteiger partial charge in [-0.15, -0.1) is 0 Å². The van der Waals surface area contributed by atoms with E-state index in [0.29, 0.717) is 12.3 Å². The van der Waals surface area contributed by atoms with Crippen LogP contribution in [-0.2, 0) is 28.5 Å². The minimum Gasteiger partial charge on any atom is -0.394 e. The van der Waals surface area contributed by atoms with Crippen molar-refractivity contribution >= 4 is 11.8 Å². The second-order valence-electron chi connectivity index (χ2n) is 15.4. The molecule has 1 aromatic rings. The maximum Gasteiger partial charge on any atom is 0.330 e. The number of rotatable bonds is 19. The number of nitrogens with zero attached hydrogens (tertiary/aromatic N) is 1. The number of H-pyrrole nitrogens is 1. The molecule has 0 aromatic carbocycles. The number of aliphatic hydroxyl groups excluding tert-OH is 8. The number of aromatic amines is 1. The van der Waals surface area contributed by atoms with Gasteiger partial charge in [-0.2, -0.15) is 0 Å². The van der Waals surface area contributed by atoms with E-state index in [1.54, 1.807) is 6.08 Å². The Labute approximate surface area is 329 Å². The predicted octanol–water partition coefficient (Wildman–Crippen LogP) is -2.87. The average molecular weight is 817 g/mol. The highest BCUT2D eigenvalue weighted by Gasteiger charge is 2.53. The Kier molecular flexibility index (Phi) is 17.8. The molecule has 20 heteroatoms. The number of hydrogen-bond acceptors (Lipinski definition) is 16. The lowest BCUT2D eigenvalue weighted by Crippen LogP contribution is -2.68. The van der Waals surface area contributed by atoms with Crippen molar-refractivity contribution in [3.8, 4) is 0 Å². The first-order valence-corrected chi connectivity index (χ1v) is 19.6. The van der Waals surface area contributed by atoms with Crippen molar-refractivity contribution in [1.82, 2.24) is 20.2 Å². The summed E-state index contributed by atoms with van der Waals surface area (Å²) < 4.78 is 24.1. The molecule has 0 radical (unpaired) electrons. The van der Waals surface area contributed by atoms with Gasteiger partial charge in [0, 0.05) is 25.6 Å². The number of allylic oxidation sites excluding steroid dienone is 1. The lowest BCUT2D eigenvalue weighted by molar-refractivity contribution is -0.346. The van der Waals surface area contributed by atoms with E-state index in [0.717, 1.165) is 49.4 Å². The van der Waals surface area contributed by atoms with E-state index < -0.39 is 128 Å². The third-order valence-electron chi connectivity index (χ3n) is 10.5. The van der Waals surface area contributed by atoms with E-state index in [4.69, 9.17) is 18.9 Å².